The lowest BCUT2D eigenvalue weighted by Gasteiger charge is -2.16. The van der Waals surface area contributed by atoms with Crippen LogP contribution in [0.25, 0.3) is 0 Å². The predicted molar refractivity (Wildman–Crippen MR) is 87.4 cm³/mol. The average Bonchev–Trinajstić information content (AvgIpc) is 2.38. The number of nitrogens with one attached hydrogen (secondary N) is 1. The van der Waals surface area contributed by atoms with E-state index in [9.17, 15) is 0 Å². The monoisotopic (exact) mass is 343 g/mol. The van der Waals surface area contributed by atoms with Crippen LogP contribution in [0.3, 0.4) is 0 Å². The minimum absolute atomic E-state index is 0.331. The van der Waals surface area contributed by atoms with Crippen molar-refractivity contribution in [3.63, 3.8) is 0 Å². The maximum atomic E-state index is 5.69. The summed E-state index contributed by atoms with van der Waals surface area (Å²) in [6.45, 7) is 11.5. The van der Waals surface area contributed by atoms with E-state index in [-0.39, 0.29) is 0 Å². The molecule has 0 bridgehead atoms. The van der Waals surface area contributed by atoms with Gasteiger partial charge in [-0.1, -0.05) is 42.8 Å². The zero-order valence-corrected chi connectivity index (χ0v) is 14.5. The SMILES string of the molecule is CCNC(C)c1ccc(OCCOCC(C)C)cc1Br. The average molecular weight is 344 g/mol. The molecule has 0 fully saturated rings. The van der Waals surface area contributed by atoms with Gasteiger partial charge in [-0.25, -0.2) is 0 Å². The van der Waals surface area contributed by atoms with Gasteiger partial charge in [0.05, 0.1) is 6.61 Å². The van der Waals surface area contributed by atoms with Crippen LogP contribution < -0.4 is 10.1 Å². The van der Waals surface area contributed by atoms with Gasteiger partial charge in [-0.15, -0.1) is 0 Å². The van der Waals surface area contributed by atoms with Gasteiger partial charge in [0.25, 0.3) is 0 Å². The van der Waals surface area contributed by atoms with Crippen LogP contribution in [0.4, 0.5) is 0 Å². The highest BCUT2D eigenvalue weighted by atomic mass is 79.9. The first-order valence-electron chi connectivity index (χ1n) is 7.28. The molecule has 0 saturated heterocycles. The summed E-state index contributed by atoms with van der Waals surface area (Å²) in [4.78, 5) is 0. The van der Waals surface area contributed by atoms with Gasteiger partial charge in [-0.3, -0.25) is 0 Å². The first kappa shape index (κ1) is 17.5. The maximum Gasteiger partial charge on any atom is 0.120 e. The largest absolute Gasteiger partial charge is 0.491 e. The topological polar surface area (TPSA) is 30.5 Å². The van der Waals surface area contributed by atoms with Crippen LogP contribution >= 0.6 is 15.9 Å². The lowest BCUT2D eigenvalue weighted by atomic mass is 10.1. The molecule has 1 aromatic carbocycles. The van der Waals surface area contributed by atoms with E-state index < -0.39 is 0 Å². The Labute approximate surface area is 131 Å². The summed E-state index contributed by atoms with van der Waals surface area (Å²) < 4.78 is 12.3. The molecule has 1 aromatic rings. The van der Waals surface area contributed by atoms with Crippen LogP contribution in [-0.4, -0.2) is 26.4 Å². The molecular weight excluding hydrogens is 318 g/mol. The smallest absolute Gasteiger partial charge is 0.120 e. The second kappa shape index (κ2) is 9.37. The molecule has 0 radical (unpaired) electrons. The van der Waals surface area contributed by atoms with Crippen molar-refractivity contribution in [3.8, 4) is 5.75 Å². The summed E-state index contributed by atoms with van der Waals surface area (Å²) in [7, 11) is 0. The minimum Gasteiger partial charge on any atom is -0.491 e. The molecule has 0 saturated carbocycles. The zero-order chi connectivity index (χ0) is 15.0. The molecule has 0 aliphatic rings. The second-order valence-corrected chi connectivity index (χ2v) is 6.13. The Hall–Kier alpha value is -0.580. The summed E-state index contributed by atoms with van der Waals surface area (Å²) in [5, 5.41) is 3.40. The van der Waals surface area contributed by atoms with Crippen molar-refractivity contribution in [3.05, 3.63) is 28.2 Å². The van der Waals surface area contributed by atoms with Crippen molar-refractivity contribution in [1.82, 2.24) is 5.32 Å². The standard InChI is InChI=1S/C16H26BrNO2/c1-5-18-13(4)15-7-6-14(10-16(15)17)20-9-8-19-11-12(2)3/h6-7,10,12-13,18H,5,8-9,11H2,1-4H3. The van der Waals surface area contributed by atoms with Crippen LogP contribution in [0.5, 0.6) is 5.75 Å². The van der Waals surface area contributed by atoms with Crippen molar-refractivity contribution in [1.29, 1.82) is 0 Å². The lowest BCUT2D eigenvalue weighted by Crippen LogP contribution is -2.18. The molecule has 4 heteroatoms. The molecule has 1 unspecified atom stereocenters. The number of hydrogen-bond donors (Lipinski definition) is 1. The zero-order valence-electron chi connectivity index (χ0n) is 12.9. The Bertz CT molecular complexity index is 396. The first-order chi connectivity index (χ1) is 9.54. The normalized spacial score (nSPS) is 12.7. The van der Waals surface area contributed by atoms with Gasteiger partial charge >= 0.3 is 0 Å². The molecule has 0 amide bonds. The molecule has 1 atom stereocenters. The summed E-state index contributed by atoms with van der Waals surface area (Å²) in [6.07, 6.45) is 0. The Morgan fingerprint density at radius 2 is 1.95 bits per heavy atom. The van der Waals surface area contributed by atoms with E-state index in [0.717, 1.165) is 23.4 Å². The summed E-state index contributed by atoms with van der Waals surface area (Å²) in [5.74, 6) is 1.44. The fourth-order valence-electron chi connectivity index (χ4n) is 1.90. The first-order valence-corrected chi connectivity index (χ1v) is 8.07. The molecule has 20 heavy (non-hydrogen) atoms. The molecular formula is C16H26BrNO2. The molecule has 0 heterocycles. The molecule has 0 aliphatic heterocycles. The number of ether oxygens (including phenoxy) is 2. The number of rotatable bonds is 9. The molecule has 0 aliphatic carbocycles. The molecule has 0 aromatic heterocycles. The highest BCUT2D eigenvalue weighted by Crippen LogP contribution is 2.27. The van der Waals surface area contributed by atoms with Crippen molar-refractivity contribution in [2.24, 2.45) is 5.92 Å². The third-order valence-electron chi connectivity index (χ3n) is 2.90. The van der Waals surface area contributed by atoms with E-state index in [0.29, 0.717) is 25.2 Å². The van der Waals surface area contributed by atoms with Gasteiger partial charge in [0, 0.05) is 17.1 Å². The summed E-state index contributed by atoms with van der Waals surface area (Å²) >= 11 is 3.61. The lowest BCUT2D eigenvalue weighted by molar-refractivity contribution is 0.0819. The van der Waals surface area contributed by atoms with Crippen LogP contribution in [0.15, 0.2) is 22.7 Å². The molecule has 0 spiro atoms. The van der Waals surface area contributed by atoms with Crippen LogP contribution in [-0.2, 0) is 4.74 Å². The van der Waals surface area contributed by atoms with Crippen LogP contribution in [0.1, 0.15) is 39.3 Å². The molecule has 3 nitrogen and oxygen atoms in total. The van der Waals surface area contributed by atoms with Crippen molar-refractivity contribution < 1.29 is 9.47 Å². The fourth-order valence-corrected chi connectivity index (χ4v) is 2.60. The molecule has 1 rings (SSSR count). The van der Waals surface area contributed by atoms with E-state index in [1.165, 1.54) is 5.56 Å². The van der Waals surface area contributed by atoms with Gasteiger partial charge < -0.3 is 14.8 Å². The highest BCUT2D eigenvalue weighted by Gasteiger charge is 2.09. The van der Waals surface area contributed by atoms with Crippen molar-refractivity contribution in [2.45, 2.75) is 33.7 Å². The third-order valence-corrected chi connectivity index (χ3v) is 3.58. The van der Waals surface area contributed by atoms with Crippen molar-refractivity contribution >= 4 is 15.9 Å². The molecule has 1 N–H and O–H groups in total. The second-order valence-electron chi connectivity index (χ2n) is 5.28. The van der Waals surface area contributed by atoms with Crippen LogP contribution in [0.2, 0.25) is 0 Å². The minimum atomic E-state index is 0.331. The van der Waals surface area contributed by atoms with Gasteiger partial charge in [-0.2, -0.15) is 0 Å². The highest BCUT2D eigenvalue weighted by molar-refractivity contribution is 9.10. The van der Waals surface area contributed by atoms with Gasteiger partial charge in [0.2, 0.25) is 0 Å². The number of benzene rings is 1. The van der Waals surface area contributed by atoms with Crippen molar-refractivity contribution in [2.75, 3.05) is 26.4 Å². The van der Waals surface area contributed by atoms with Gasteiger partial charge in [-0.05, 0) is 37.1 Å². The van der Waals surface area contributed by atoms with E-state index in [2.05, 4.69) is 55.0 Å². The predicted octanol–water partition coefficient (Wildman–Crippen LogP) is 4.17. The third kappa shape index (κ3) is 6.25. The summed E-state index contributed by atoms with van der Waals surface area (Å²) in [6, 6.07) is 6.46. The number of halogens is 1. The fraction of sp³-hybridized carbons (Fsp3) is 0.625. The van der Waals surface area contributed by atoms with Crippen LogP contribution in [0, 0.1) is 5.92 Å². The maximum absolute atomic E-state index is 5.69. The summed E-state index contributed by atoms with van der Waals surface area (Å²) in [5.41, 5.74) is 1.25. The van der Waals surface area contributed by atoms with E-state index >= 15 is 0 Å². The Morgan fingerprint density at radius 3 is 2.55 bits per heavy atom. The Balaban J connectivity index is 2.43. The Morgan fingerprint density at radius 1 is 1.20 bits per heavy atom. The van der Waals surface area contributed by atoms with E-state index in [4.69, 9.17) is 9.47 Å². The number of hydrogen-bond acceptors (Lipinski definition) is 3. The van der Waals surface area contributed by atoms with Gasteiger partial charge in [0.15, 0.2) is 0 Å². The van der Waals surface area contributed by atoms with Gasteiger partial charge in [0.1, 0.15) is 12.4 Å². The Kier molecular flexibility index (Phi) is 8.19. The van der Waals surface area contributed by atoms with E-state index in [1.807, 2.05) is 12.1 Å². The quantitative estimate of drug-likeness (QED) is 0.682. The van der Waals surface area contributed by atoms with E-state index in [1.54, 1.807) is 0 Å². The molecule has 114 valence electrons.